The Bertz CT molecular complexity index is 1030. The number of pyridine rings is 1. The summed E-state index contributed by atoms with van der Waals surface area (Å²) in [4.78, 5) is 36.7. The number of ether oxygens (including phenoxy) is 1. The topological polar surface area (TPSA) is 115 Å². The average Bonchev–Trinajstić information content (AvgIpc) is 3.34. The normalized spacial score (nSPS) is 24.7. The summed E-state index contributed by atoms with van der Waals surface area (Å²) >= 11 is 0. The van der Waals surface area contributed by atoms with Crippen LogP contribution in [0.5, 0.6) is 0 Å². The molecule has 0 radical (unpaired) electrons. The zero-order chi connectivity index (χ0) is 22.1. The third-order valence-corrected chi connectivity index (χ3v) is 7.25. The fourth-order valence-electron chi connectivity index (χ4n) is 5.44. The molecule has 2 aromatic heterocycles. The molecule has 1 aliphatic heterocycles. The van der Waals surface area contributed by atoms with Crippen molar-refractivity contribution in [1.29, 1.82) is 0 Å². The van der Waals surface area contributed by atoms with Crippen molar-refractivity contribution in [3.8, 4) is 0 Å². The smallest absolute Gasteiger partial charge is 0.254 e. The van der Waals surface area contributed by atoms with Gasteiger partial charge in [-0.1, -0.05) is 12.8 Å². The monoisotopic (exact) mass is 440 g/mol. The molecule has 9 heteroatoms. The van der Waals surface area contributed by atoms with Crippen LogP contribution in [0.4, 0.5) is 11.6 Å². The minimum atomic E-state index is -0.0892. The van der Waals surface area contributed by atoms with Gasteiger partial charge in [0.15, 0.2) is 5.65 Å². The van der Waals surface area contributed by atoms with E-state index in [0.29, 0.717) is 43.6 Å². The van der Waals surface area contributed by atoms with Crippen LogP contribution < -0.4 is 16.6 Å². The fraction of sp³-hybridized carbons (Fsp3) is 0.652. The number of aromatic nitrogens is 3. The summed E-state index contributed by atoms with van der Waals surface area (Å²) in [5.74, 6) is 0.887. The minimum absolute atomic E-state index is 0.0892. The molecule has 1 amide bonds. The number of fused-ring (bicyclic) bond motifs is 1. The van der Waals surface area contributed by atoms with E-state index in [1.165, 1.54) is 6.07 Å². The van der Waals surface area contributed by atoms with Crippen LogP contribution >= 0.6 is 0 Å². The van der Waals surface area contributed by atoms with Gasteiger partial charge in [0.2, 0.25) is 11.9 Å². The van der Waals surface area contributed by atoms with E-state index >= 15 is 0 Å². The first kappa shape index (κ1) is 21.2. The highest BCUT2D eigenvalue weighted by atomic mass is 16.5. The fourth-order valence-corrected chi connectivity index (χ4v) is 5.44. The number of morpholine rings is 1. The van der Waals surface area contributed by atoms with Crippen LogP contribution in [0.25, 0.3) is 11.0 Å². The zero-order valence-corrected chi connectivity index (χ0v) is 18.5. The van der Waals surface area contributed by atoms with Crippen molar-refractivity contribution in [1.82, 2.24) is 19.4 Å². The van der Waals surface area contributed by atoms with Crippen molar-refractivity contribution in [2.75, 3.05) is 37.4 Å². The molecule has 0 bridgehead atoms. The zero-order valence-electron chi connectivity index (χ0n) is 18.5. The third kappa shape index (κ3) is 4.18. The van der Waals surface area contributed by atoms with Gasteiger partial charge in [0.05, 0.1) is 18.6 Å². The Kier molecular flexibility index (Phi) is 5.99. The molecule has 3 fully saturated rings. The van der Waals surface area contributed by atoms with Gasteiger partial charge in [-0.2, -0.15) is 4.98 Å². The summed E-state index contributed by atoms with van der Waals surface area (Å²) in [5, 5.41) is 4.17. The number of carbonyl (C=O) groups excluding carboxylic acids is 1. The van der Waals surface area contributed by atoms with Crippen molar-refractivity contribution in [2.24, 2.45) is 5.92 Å². The first-order valence-corrected chi connectivity index (χ1v) is 11.9. The molecule has 0 atom stereocenters. The van der Waals surface area contributed by atoms with Gasteiger partial charge in [0, 0.05) is 49.0 Å². The van der Waals surface area contributed by atoms with Gasteiger partial charge < -0.3 is 20.7 Å². The number of rotatable bonds is 4. The SMILES string of the molecule is Nc1cc(=O)n(C2CCCC2)c2nc(NC3CCC(C(=O)N4CCOCC4)CC3)ncc12. The number of amides is 1. The highest BCUT2D eigenvalue weighted by Gasteiger charge is 2.30. The third-order valence-electron chi connectivity index (χ3n) is 7.25. The molecular formula is C23H32N6O3. The molecule has 1 saturated heterocycles. The van der Waals surface area contributed by atoms with Gasteiger partial charge in [0.25, 0.3) is 5.56 Å². The molecule has 5 rings (SSSR count). The molecule has 3 aliphatic rings. The van der Waals surface area contributed by atoms with Crippen LogP contribution in [0, 0.1) is 5.92 Å². The van der Waals surface area contributed by atoms with Crippen LogP contribution in [0.2, 0.25) is 0 Å². The van der Waals surface area contributed by atoms with Gasteiger partial charge in [-0.15, -0.1) is 0 Å². The summed E-state index contributed by atoms with van der Waals surface area (Å²) in [6, 6.07) is 1.88. The number of hydrogen-bond donors (Lipinski definition) is 2. The lowest BCUT2D eigenvalue weighted by Gasteiger charge is -2.34. The number of nitrogen functional groups attached to an aromatic ring is 1. The molecular weight excluding hydrogens is 408 g/mol. The second-order valence-corrected chi connectivity index (χ2v) is 9.31. The molecule has 9 nitrogen and oxygen atoms in total. The van der Waals surface area contributed by atoms with E-state index in [0.717, 1.165) is 56.8 Å². The summed E-state index contributed by atoms with van der Waals surface area (Å²) in [7, 11) is 0. The van der Waals surface area contributed by atoms with E-state index in [2.05, 4.69) is 10.3 Å². The van der Waals surface area contributed by atoms with Crippen molar-refractivity contribution >= 4 is 28.6 Å². The Balaban J connectivity index is 1.29. The lowest BCUT2D eigenvalue weighted by molar-refractivity contribution is -0.140. The number of hydrogen-bond acceptors (Lipinski definition) is 7. The summed E-state index contributed by atoms with van der Waals surface area (Å²) in [6.07, 6.45) is 9.49. The molecule has 0 spiro atoms. The number of nitrogens with two attached hydrogens (primary N) is 1. The van der Waals surface area contributed by atoms with Crippen molar-refractivity contribution in [3.05, 3.63) is 22.6 Å². The predicted molar refractivity (Wildman–Crippen MR) is 122 cm³/mol. The molecule has 2 aliphatic carbocycles. The molecule has 2 saturated carbocycles. The largest absolute Gasteiger partial charge is 0.398 e. The summed E-state index contributed by atoms with van der Waals surface area (Å²) < 4.78 is 7.17. The van der Waals surface area contributed by atoms with Crippen molar-refractivity contribution in [3.63, 3.8) is 0 Å². The first-order chi connectivity index (χ1) is 15.6. The van der Waals surface area contributed by atoms with Gasteiger partial charge in [0.1, 0.15) is 0 Å². The Morgan fingerprint density at radius 2 is 1.81 bits per heavy atom. The van der Waals surface area contributed by atoms with E-state index in [1.807, 2.05) is 9.47 Å². The molecule has 172 valence electrons. The highest BCUT2D eigenvalue weighted by Crippen LogP contribution is 2.32. The standard InChI is InChI=1S/C23H32N6O3/c24-19-13-20(30)29(17-3-1-2-4-17)21-18(19)14-25-23(27-21)26-16-7-5-15(6-8-16)22(31)28-9-11-32-12-10-28/h13-17H,1-12,24H2,(H,25,26,27). The second-order valence-electron chi connectivity index (χ2n) is 9.31. The Morgan fingerprint density at radius 1 is 1.09 bits per heavy atom. The van der Waals surface area contributed by atoms with Gasteiger partial charge in [-0.3, -0.25) is 14.2 Å². The first-order valence-electron chi connectivity index (χ1n) is 11.9. The molecule has 0 unspecified atom stereocenters. The summed E-state index contributed by atoms with van der Waals surface area (Å²) in [5.41, 5.74) is 7.06. The van der Waals surface area contributed by atoms with E-state index in [1.54, 1.807) is 6.20 Å². The number of anilines is 2. The maximum atomic E-state index is 12.8. The molecule has 0 aromatic carbocycles. The van der Waals surface area contributed by atoms with Crippen LogP contribution in [0.15, 0.2) is 17.1 Å². The lowest BCUT2D eigenvalue weighted by atomic mass is 9.85. The maximum Gasteiger partial charge on any atom is 0.254 e. The predicted octanol–water partition coefficient (Wildman–Crippen LogP) is 2.32. The molecule has 3 N–H and O–H groups in total. The molecule has 3 heterocycles. The van der Waals surface area contributed by atoms with E-state index < -0.39 is 0 Å². The van der Waals surface area contributed by atoms with Gasteiger partial charge >= 0.3 is 0 Å². The quantitative estimate of drug-likeness (QED) is 0.750. The Morgan fingerprint density at radius 3 is 2.53 bits per heavy atom. The lowest BCUT2D eigenvalue weighted by Crippen LogP contribution is -2.45. The van der Waals surface area contributed by atoms with Crippen LogP contribution in [0.3, 0.4) is 0 Å². The van der Waals surface area contributed by atoms with Crippen LogP contribution in [-0.4, -0.2) is 57.7 Å². The Labute approximate surface area is 187 Å². The van der Waals surface area contributed by atoms with Crippen molar-refractivity contribution in [2.45, 2.75) is 63.5 Å². The minimum Gasteiger partial charge on any atom is -0.398 e. The van der Waals surface area contributed by atoms with Gasteiger partial charge in [-0.25, -0.2) is 4.98 Å². The van der Waals surface area contributed by atoms with Gasteiger partial charge in [-0.05, 0) is 38.5 Å². The second kappa shape index (κ2) is 9.05. The van der Waals surface area contributed by atoms with Crippen LogP contribution in [-0.2, 0) is 9.53 Å². The maximum absolute atomic E-state index is 12.8. The summed E-state index contributed by atoms with van der Waals surface area (Å²) in [6.45, 7) is 2.68. The van der Waals surface area contributed by atoms with E-state index in [9.17, 15) is 9.59 Å². The molecule has 32 heavy (non-hydrogen) atoms. The number of carbonyl (C=O) groups is 1. The number of nitrogens with one attached hydrogen (secondary N) is 1. The van der Waals surface area contributed by atoms with Crippen molar-refractivity contribution < 1.29 is 9.53 Å². The number of nitrogens with zero attached hydrogens (tertiary/aromatic N) is 4. The Hall–Kier alpha value is -2.68. The van der Waals surface area contributed by atoms with Crippen LogP contribution in [0.1, 0.15) is 57.4 Å². The average molecular weight is 441 g/mol. The molecule has 2 aromatic rings. The highest BCUT2D eigenvalue weighted by molar-refractivity contribution is 5.87. The van der Waals surface area contributed by atoms with E-state index in [4.69, 9.17) is 15.5 Å². The van der Waals surface area contributed by atoms with E-state index in [-0.39, 0.29) is 29.5 Å².